The summed E-state index contributed by atoms with van der Waals surface area (Å²) in [6.45, 7) is 11.6. The van der Waals surface area contributed by atoms with Gasteiger partial charge in [-0.1, -0.05) is 13.8 Å². The van der Waals surface area contributed by atoms with Crippen LogP contribution in [0.1, 0.15) is 33.1 Å². The maximum Gasteiger partial charge on any atom is 0.0469 e. The topological polar surface area (TPSA) is 24.5 Å². The molecule has 2 rings (SSSR count). The lowest BCUT2D eigenvalue weighted by atomic mass is 9.98. The number of nitrogens with one attached hydrogen (secondary N) is 1. The fraction of sp³-hybridized carbons (Fsp3) is 1.00. The van der Waals surface area contributed by atoms with E-state index >= 15 is 0 Å². The van der Waals surface area contributed by atoms with Crippen molar-refractivity contribution in [3.63, 3.8) is 0 Å². The molecule has 2 heterocycles. The molecule has 3 nitrogen and oxygen atoms in total. The molecule has 2 aliphatic rings. The van der Waals surface area contributed by atoms with Crippen LogP contribution < -0.4 is 5.32 Å². The second kappa shape index (κ2) is 6.72. The van der Waals surface area contributed by atoms with E-state index in [1.54, 1.807) is 0 Å². The van der Waals surface area contributed by atoms with Crippen LogP contribution in [0.15, 0.2) is 0 Å². The highest BCUT2D eigenvalue weighted by molar-refractivity contribution is 4.80. The van der Waals surface area contributed by atoms with Gasteiger partial charge in [-0.25, -0.2) is 0 Å². The molecule has 2 saturated heterocycles. The number of ether oxygens (including phenoxy) is 1. The van der Waals surface area contributed by atoms with Gasteiger partial charge in [-0.15, -0.1) is 0 Å². The zero-order valence-corrected chi connectivity index (χ0v) is 11.5. The molecule has 0 aromatic rings. The largest absolute Gasteiger partial charge is 0.381 e. The second-order valence-corrected chi connectivity index (χ2v) is 5.97. The summed E-state index contributed by atoms with van der Waals surface area (Å²) in [7, 11) is 0. The molecule has 0 saturated carbocycles. The maximum atomic E-state index is 5.44. The molecule has 1 N–H and O–H groups in total. The summed E-state index contributed by atoms with van der Waals surface area (Å²) in [5, 5.41) is 3.68. The molecule has 100 valence electrons. The van der Waals surface area contributed by atoms with Crippen LogP contribution in [0.5, 0.6) is 0 Å². The molecule has 1 atom stereocenters. The monoisotopic (exact) mass is 240 g/mol. The first kappa shape index (κ1) is 13.3. The minimum atomic E-state index is 0.678. The Hall–Kier alpha value is -0.120. The van der Waals surface area contributed by atoms with Gasteiger partial charge in [-0.2, -0.15) is 0 Å². The van der Waals surface area contributed by atoms with Gasteiger partial charge in [0.25, 0.3) is 0 Å². The fourth-order valence-electron chi connectivity index (χ4n) is 2.93. The summed E-state index contributed by atoms with van der Waals surface area (Å²) in [4.78, 5) is 2.68. The van der Waals surface area contributed by atoms with Gasteiger partial charge in [-0.3, -0.25) is 0 Å². The summed E-state index contributed by atoms with van der Waals surface area (Å²) in [6.07, 6.45) is 3.82. The van der Waals surface area contributed by atoms with E-state index in [1.165, 1.54) is 45.4 Å². The highest BCUT2D eigenvalue weighted by Gasteiger charge is 2.23. The van der Waals surface area contributed by atoms with Crippen molar-refractivity contribution in [2.45, 2.75) is 39.2 Å². The molecule has 0 aromatic carbocycles. The van der Waals surface area contributed by atoms with E-state index in [2.05, 4.69) is 24.1 Å². The Morgan fingerprint density at radius 3 is 2.76 bits per heavy atom. The minimum Gasteiger partial charge on any atom is -0.381 e. The van der Waals surface area contributed by atoms with E-state index in [0.717, 1.165) is 25.0 Å². The van der Waals surface area contributed by atoms with Crippen LogP contribution in [0.25, 0.3) is 0 Å². The summed E-state index contributed by atoms with van der Waals surface area (Å²) >= 11 is 0. The van der Waals surface area contributed by atoms with Crippen molar-refractivity contribution in [2.24, 2.45) is 11.8 Å². The van der Waals surface area contributed by atoms with Crippen molar-refractivity contribution < 1.29 is 4.74 Å². The first-order valence-corrected chi connectivity index (χ1v) is 7.29. The fourth-order valence-corrected chi connectivity index (χ4v) is 2.93. The van der Waals surface area contributed by atoms with Crippen molar-refractivity contribution in [1.82, 2.24) is 10.2 Å². The lowest BCUT2D eigenvalue weighted by molar-refractivity contribution is 0.0517. The highest BCUT2D eigenvalue weighted by atomic mass is 16.5. The Morgan fingerprint density at radius 1 is 1.29 bits per heavy atom. The molecule has 17 heavy (non-hydrogen) atoms. The Kier molecular flexibility index (Phi) is 5.26. The van der Waals surface area contributed by atoms with Gasteiger partial charge in [0, 0.05) is 32.3 Å². The van der Waals surface area contributed by atoms with Gasteiger partial charge >= 0.3 is 0 Å². The predicted octanol–water partition coefficient (Wildman–Crippen LogP) is 1.73. The molecule has 0 spiro atoms. The van der Waals surface area contributed by atoms with Gasteiger partial charge in [0.05, 0.1) is 0 Å². The Labute approximate surface area is 106 Å². The zero-order chi connectivity index (χ0) is 12.1. The summed E-state index contributed by atoms with van der Waals surface area (Å²) in [5.41, 5.74) is 0. The van der Waals surface area contributed by atoms with Crippen molar-refractivity contribution in [2.75, 3.05) is 39.4 Å². The highest BCUT2D eigenvalue weighted by Crippen LogP contribution is 2.18. The van der Waals surface area contributed by atoms with Crippen molar-refractivity contribution in [3.8, 4) is 0 Å². The summed E-state index contributed by atoms with van der Waals surface area (Å²) in [6, 6.07) is 0.678. The number of hydrogen-bond donors (Lipinski definition) is 1. The zero-order valence-electron chi connectivity index (χ0n) is 11.5. The minimum absolute atomic E-state index is 0.678. The molecular formula is C14H28N2O. The molecule has 1 unspecified atom stereocenters. The number of rotatable bonds is 3. The Bertz CT molecular complexity index is 214. The molecular weight excluding hydrogens is 212 g/mol. The van der Waals surface area contributed by atoms with E-state index in [4.69, 9.17) is 4.74 Å². The van der Waals surface area contributed by atoms with Crippen LogP contribution in [0.4, 0.5) is 0 Å². The molecule has 2 fully saturated rings. The normalized spacial score (nSPS) is 29.5. The van der Waals surface area contributed by atoms with Crippen LogP contribution in [0.3, 0.4) is 0 Å². The third-order valence-corrected chi connectivity index (χ3v) is 4.17. The smallest absolute Gasteiger partial charge is 0.0469 e. The van der Waals surface area contributed by atoms with Crippen molar-refractivity contribution in [1.29, 1.82) is 0 Å². The van der Waals surface area contributed by atoms with Gasteiger partial charge in [0.2, 0.25) is 0 Å². The third-order valence-electron chi connectivity index (χ3n) is 4.17. The van der Waals surface area contributed by atoms with Crippen LogP contribution in [0, 0.1) is 11.8 Å². The number of nitrogens with zero attached hydrogens (tertiary/aromatic N) is 1. The average molecular weight is 240 g/mol. The SMILES string of the molecule is CC(C)C1CN(CC2CCOCC2)CCCN1. The Balaban J connectivity index is 1.81. The van der Waals surface area contributed by atoms with Gasteiger partial charge in [0.15, 0.2) is 0 Å². The van der Waals surface area contributed by atoms with Crippen LogP contribution in [0.2, 0.25) is 0 Å². The lowest BCUT2D eigenvalue weighted by Crippen LogP contribution is -2.43. The van der Waals surface area contributed by atoms with Crippen LogP contribution in [-0.2, 0) is 4.74 Å². The van der Waals surface area contributed by atoms with E-state index in [-0.39, 0.29) is 0 Å². The summed E-state index contributed by atoms with van der Waals surface area (Å²) < 4.78 is 5.44. The first-order chi connectivity index (χ1) is 8.25. The lowest BCUT2D eigenvalue weighted by Gasteiger charge is -2.31. The standard InChI is InChI=1S/C14H28N2O/c1-12(2)14-11-16(7-3-6-15-14)10-13-4-8-17-9-5-13/h12-15H,3-11H2,1-2H3. The molecule has 0 radical (unpaired) electrons. The van der Waals surface area contributed by atoms with Crippen LogP contribution in [-0.4, -0.2) is 50.3 Å². The summed E-state index contributed by atoms with van der Waals surface area (Å²) in [5.74, 6) is 1.61. The van der Waals surface area contributed by atoms with Crippen LogP contribution >= 0.6 is 0 Å². The molecule has 0 aliphatic carbocycles. The molecule has 2 aliphatic heterocycles. The Morgan fingerprint density at radius 2 is 2.06 bits per heavy atom. The van der Waals surface area contributed by atoms with Crippen molar-refractivity contribution in [3.05, 3.63) is 0 Å². The van der Waals surface area contributed by atoms with E-state index in [0.29, 0.717) is 6.04 Å². The first-order valence-electron chi connectivity index (χ1n) is 7.29. The molecule has 0 bridgehead atoms. The predicted molar refractivity (Wildman–Crippen MR) is 71.2 cm³/mol. The van der Waals surface area contributed by atoms with E-state index in [1.807, 2.05) is 0 Å². The van der Waals surface area contributed by atoms with Gasteiger partial charge < -0.3 is 15.0 Å². The second-order valence-electron chi connectivity index (χ2n) is 5.97. The quantitative estimate of drug-likeness (QED) is 0.813. The maximum absolute atomic E-state index is 5.44. The van der Waals surface area contributed by atoms with E-state index < -0.39 is 0 Å². The van der Waals surface area contributed by atoms with Gasteiger partial charge in [-0.05, 0) is 44.2 Å². The molecule has 0 aromatic heterocycles. The van der Waals surface area contributed by atoms with Crippen molar-refractivity contribution >= 4 is 0 Å². The molecule has 3 heteroatoms. The number of hydrogen-bond acceptors (Lipinski definition) is 3. The van der Waals surface area contributed by atoms with Gasteiger partial charge in [0.1, 0.15) is 0 Å². The third kappa shape index (κ3) is 4.23. The average Bonchev–Trinajstić information content (AvgIpc) is 2.56. The van der Waals surface area contributed by atoms with E-state index in [9.17, 15) is 0 Å². The molecule has 0 amide bonds.